The molecule has 0 spiro atoms. The number of rotatable bonds is 9. The van der Waals surface area contributed by atoms with Crippen LogP contribution in [0.4, 0.5) is 21.0 Å². The lowest BCUT2D eigenvalue weighted by Crippen LogP contribution is -2.47. The van der Waals surface area contributed by atoms with Crippen molar-refractivity contribution in [1.82, 2.24) is 10.2 Å². The van der Waals surface area contributed by atoms with Gasteiger partial charge in [0.1, 0.15) is 0 Å². The summed E-state index contributed by atoms with van der Waals surface area (Å²) in [6.07, 6.45) is 2.63. The monoisotopic (exact) mass is 496 g/mol. The summed E-state index contributed by atoms with van der Waals surface area (Å²) in [6.45, 7) is 4.70. The molecule has 0 unspecified atom stereocenters. The molecule has 4 amide bonds. The summed E-state index contributed by atoms with van der Waals surface area (Å²) in [4.78, 5) is 27.9. The summed E-state index contributed by atoms with van der Waals surface area (Å²) >= 11 is 0. The van der Waals surface area contributed by atoms with Crippen molar-refractivity contribution in [3.63, 3.8) is 0 Å². The van der Waals surface area contributed by atoms with E-state index in [9.17, 15) is 9.59 Å². The van der Waals surface area contributed by atoms with Crippen LogP contribution in [0.3, 0.4) is 0 Å². The highest BCUT2D eigenvalue weighted by Gasteiger charge is 2.27. The molecule has 2 atom stereocenters. The van der Waals surface area contributed by atoms with E-state index in [4.69, 9.17) is 0 Å². The fourth-order valence-electron chi connectivity index (χ4n) is 5.01. The third-order valence-corrected chi connectivity index (χ3v) is 7.06. The maximum Gasteiger partial charge on any atom is 0.321 e. The van der Waals surface area contributed by atoms with Gasteiger partial charge in [0.05, 0.1) is 11.4 Å². The smallest absolute Gasteiger partial charge is 0.321 e. The summed E-state index contributed by atoms with van der Waals surface area (Å²) in [7, 11) is 1.85. The van der Waals surface area contributed by atoms with Gasteiger partial charge in [-0.05, 0) is 41.7 Å². The summed E-state index contributed by atoms with van der Waals surface area (Å²) in [5, 5.41) is 13.3. The molecule has 0 aliphatic rings. The largest absolute Gasteiger partial charge is 0.338 e. The highest BCUT2D eigenvalue weighted by atomic mass is 16.2. The van der Waals surface area contributed by atoms with Crippen LogP contribution in [-0.2, 0) is 0 Å². The molecule has 0 bridgehead atoms. The Hall–Kier alpha value is -4.06. The topological polar surface area (TPSA) is 73.5 Å². The summed E-state index contributed by atoms with van der Waals surface area (Å²) < 4.78 is 0. The van der Waals surface area contributed by atoms with Gasteiger partial charge in [-0.3, -0.25) is 0 Å². The predicted octanol–water partition coefficient (Wildman–Crippen LogP) is 7.47. The van der Waals surface area contributed by atoms with E-state index in [1.54, 1.807) is 4.90 Å². The number of nitrogens with one attached hydrogen (secondary N) is 3. The standard InChI is InChI=1S/C31H36N4O2/c1-4-12-29(35(3)31(37)34-28-20-11-16-24-14-7-9-18-26(24)28)22(5-2)21-32-30(36)33-27-19-10-15-23-13-6-8-17-25(23)27/h6-11,13-20,22,29H,4-5,12,21H2,1-3H3,(H,34,37)(H2,32,33,36)/t22-,29-/m1/s1. The molecule has 0 radical (unpaired) electrons. The van der Waals surface area contributed by atoms with Crippen molar-refractivity contribution in [3.8, 4) is 0 Å². The second kappa shape index (κ2) is 12.3. The van der Waals surface area contributed by atoms with E-state index in [0.29, 0.717) is 6.54 Å². The van der Waals surface area contributed by atoms with Gasteiger partial charge in [-0.15, -0.1) is 0 Å². The third kappa shape index (κ3) is 6.20. The average Bonchev–Trinajstić information content (AvgIpc) is 2.92. The first-order valence-corrected chi connectivity index (χ1v) is 13.1. The minimum absolute atomic E-state index is 0.0113. The molecule has 0 saturated heterocycles. The Balaban J connectivity index is 1.42. The molecule has 6 heteroatoms. The van der Waals surface area contributed by atoms with E-state index >= 15 is 0 Å². The molecule has 192 valence electrons. The first kappa shape index (κ1) is 26.0. The van der Waals surface area contributed by atoms with Crippen molar-refractivity contribution in [2.75, 3.05) is 24.2 Å². The van der Waals surface area contributed by atoms with Crippen molar-refractivity contribution in [1.29, 1.82) is 0 Å². The molecule has 4 aromatic carbocycles. The van der Waals surface area contributed by atoms with Gasteiger partial charge in [0.15, 0.2) is 0 Å². The molecule has 3 N–H and O–H groups in total. The zero-order valence-corrected chi connectivity index (χ0v) is 21.8. The molecule has 0 saturated carbocycles. The molecule has 0 aromatic heterocycles. The van der Waals surface area contributed by atoms with E-state index in [0.717, 1.165) is 52.2 Å². The molecule has 6 nitrogen and oxygen atoms in total. The molecule has 0 aliphatic heterocycles. The van der Waals surface area contributed by atoms with Gasteiger partial charge in [-0.1, -0.05) is 93.1 Å². The van der Waals surface area contributed by atoms with Gasteiger partial charge in [0.25, 0.3) is 0 Å². The molecule has 4 aromatic rings. The maximum atomic E-state index is 13.3. The first-order chi connectivity index (χ1) is 18.0. The third-order valence-electron chi connectivity index (χ3n) is 7.06. The molecule has 0 fully saturated rings. The maximum absolute atomic E-state index is 13.3. The lowest BCUT2D eigenvalue weighted by molar-refractivity contribution is 0.167. The second-order valence-electron chi connectivity index (χ2n) is 9.45. The zero-order valence-electron chi connectivity index (χ0n) is 21.8. The second-order valence-corrected chi connectivity index (χ2v) is 9.45. The summed E-state index contributed by atoms with van der Waals surface area (Å²) in [5.74, 6) is 0.112. The van der Waals surface area contributed by atoms with Gasteiger partial charge in [-0.25, -0.2) is 9.59 Å². The molecular formula is C31H36N4O2. The molecule has 37 heavy (non-hydrogen) atoms. The minimum atomic E-state index is -0.243. The highest BCUT2D eigenvalue weighted by molar-refractivity contribution is 6.02. The van der Waals surface area contributed by atoms with Crippen LogP contribution in [0.25, 0.3) is 21.5 Å². The van der Waals surface area contributed by atoms with Crippen molar-refractivity contribution in [3.05, 3.63) is 84.9 Å². The van der Waals surface area contributed by atoms with Gasteiger partial charge < -0.3 is 20.9 Å². The van der Waals surface area contributed by atoms with Crippen LogP contribution in [0.15, 0.2) is 84.9 Å². The highest BCUT2D eigenvalue weighted by Crippen LogP contribution is 2.26. The van der Waals surface area contributed by atoms with Crippen LogP contribution in [0.1, 0.15) is 33.1 Å². The number of anilines is 2. The van der Waals surface area contributed by atoms with E-state index in [1.165, 1.54) is 0 Å². The Morgan fingerprint density at radius 1 is 0.757 bits per heavy atom. The number of amides is 4. The Morgan fingerprint density at radius 3 is 1.86 bits per heavy atom. The Morgan fingerprint density at radius 2 is 1.30 bits per heavy atom. The van der Waals surface area contributed by atoms with Gasteiger partial charge in [0.2, 0.25) is 0 Å². The molecule has 0 aliphatic carbocycles. The summed E-state index contributed by atoms with van der Waals surface area (Å²) in [5.41, 5.74) is 1.58. The first-order valence-electron chi connectivity index (χ1n) is 13.1. The van der Waals surface area contributed by atoms with Crippen LogP contribution in [0.5, 0.6) is 0 Å². The van der Waals surface area contributed by atoms with Crippen LogP contribution < -0.4 is 16.0 Å². The number of carbonyl (C=O) groups excluding carboxylic acids is 2. The quantitative estimate of drug-likeness (QED) is 0.225. The van der Waals surface area contributed by atoms with Gasteiger partial charge >= 0.3 is 12.1 Å². The van der Waals surface area contributed by atoms with Crippen molar-refractivity contribution < 1.29 is 9.59 Å². The zero-order chi connectivity index (χ0) is 26.2. The fourth-order valence-corrected chi connectivity index (χ4v) is 5.01. The SMILES string of the molecule is CCC[C@H]([C@H](CC)CNC(=O)Nc1cccc2ccccc12)N(C)C(=O)Nc1cccc2ccccc12. The molecular weight excluding hydrogens is 460 g/mol. The Kier molecular flexibility index (Phi) is 8.62. The van der Waals surface area contributed by atoms with Crippen LogP contribution >= 0.6 is 0 Å². The Bertz CT molecular complexity index is 1360. The number of urea groups is 2. The number of nitrogens with zero attached hydrogens (tertiary/aromatic N) is 1. The number of hydrogen-bond acceptors (Lipinski definition) is 2. The average molecular weight is 497 g/mol. The minimum Gasteiger partial charge on any atom is -0.338 e. The van der Waals surface area contributed by atoms with Crippen LogP contribution in [0.2, 0.25) is 0 Å². The normalized spacial score (nSPS) is 12.6. The lowest BCUT2D eigenvalue weighted by atomic mass is 9.92. The summed E-state index contributed by atoms with van der Waals surface area (Å²) in [6, 6.07) is 27.4. The van der Waals surface area contributed by atoms with Crippen molar-refractivity contribution in [2.24, 2.45) is 5.92 Å². The molecule has 4 rings (SSSR count). The predicted molar refractivity (Wildman–Crippen MR) is 154 cm³/mol. The number of fused-ring (bicyclic) bond motifs is 2. The van der Waals surface area contributed by atoms with E-state index in [-0.39, 0.29) is 24.0 Å². The van der Waals surface area contributed by atoms with Crippen molar-refractivity contribution >= 4 is 45.0 Å². The Labute approximate surface area is 219 Å². The number of carbonyl (C=O) groups is 2. The van der Waals surface area contributed by atoms with Crippen molar-refractivity contribution in [2.45, 2.75) is 39.2 Å². The molecule has 0 heterocycles. The lowest BCUT2D eigenvalue weighted by Gasteiger charge is -2.34. The van der Waals surface area contributed by atoms with E-state index < -0.39 is 0 Å². The van der Waals surface area contributed by atoms with E-state index in [1.807, 2.05) is 92.0 Å². The number of benzene rings is 4. The number of hydrogen-bond donors (Lipinski definition) is 3. The van der Waals surface area contributed by atoms with Gasteiger partial charge in [0, 0.05) is 30.4 Å². The van der Waals surface area contributed by atoms with Crippen LogP contribution in [0, 0.1) is 5.92 Å². The van der Waals surface area contributed by atoms with E-state index in [2.05, 4.69) is 29.8 Å². The van der Waals surface area contributed by atoms with Crippen LogP contribution in [-0.4, -0.2) is 36.6 Å². The fraction of sp³-hybridized carbons (Fsp3) is 0.290. The van der Waals surface area contributed by atoms with Gasteiger partial charge in [-0.2, -0.15) is 0 Å².